The van der Waals surface area contributed by atoms with Crippen LogP contribution in [-0.2, 0) is 22.5 Å². The summed E-state index contributed by atoms with van der Waals surface area (Å²) >= 11 is 0. The summed E-state index contributed by atoms with van der Waals surface area (Å²) in [5.41, 5.74) is 0. The van der Waals surface area contributed by atoms with Crippen LogP contribution in [0, 0.1) is 0 Å². The molecule has 0 aliphatic carbocycles. The van der Waals surface area contributed by atoms with E-state index in [1.165, 1.54) is 6.92 Å². The molecule has 1 rings (SSSR count). The standard InChI is InChI=1S/C2H6O5P2/c1-2-5-8(3)7-9(4)6-2/h2,8-9H,1H3. The Morgan fingerprint density at radius 3 is 2.00 bits per heavy atom. The molecule has 0 spiro atoms. The van der Waals surface area contributed by atoms with E-state index in [1.54, 1.807) is 0 Å². The molecule has 0 N–H and O–H groups in total. The van der Waals surface area contributed by atoms with Gasteiger partial charge in [0.25, 0.3) is 0 Å². The van der Waals surface area contributed by atoms with E-state index in [9.17, 15) is 9.13 Å². The minimum absolute atomic E-state index is 0.670. The maximum absolute atomic E-state index is 10.4. The average molecular weight is 172 g/mol. The Morgan fingerprint density at radius 2 is 1.67 bits per heavy atom. The van der Waals surface area contributed by atoms with Crippen molar-refractivity contribution in [1.82, 2.24) is 0 Å². The van der Waals surface area contributed by atoms with Crippen LogP contribution in [0.3, 0.4) is 0 Å². The third kappa shape index (κ3) is 2.20. The molecule has 7 heteroatoms. The molecule has 0 aromatic rings. The van der Waals surface area contributed by atoms with E-state index in [2.05, 4.69) is 13.4 Å². The molecule has 0 aromatic heterocycles. The van der Waals surface area contributed by atoms with Crippen molar-refractivity contribution >= 4 is 16.5 Å². The lowest BCUT2D eigenvalue weighted by Crippen LogP contribution is -2.07. The van der Waals surface area contributed by atoms with Gasteiger partial charge < -0.3 is 0 Å². The van der Waals surface area contributed by atoms with E-state index in [-0.39, 0.29) is 0 Å². The molecule has 0 aromatic carbocycles. The van der Waals surface area contributed by atoms with E-state index in [1.807, 2.05) is 0 Å². The summed E-state index contributed by atoms with van der Waals surface area (Å²) in [5.74, 6) is 0. The van der Waals surface area contributed by atoms with Gasteiger partial charge in [-0.05, 0) is 6.92 Å². The molecular weight excluding hydrogens is 166 g/mol. The summed E-state index contributed by atoms with van der Waals surface area (Å²) < 4.78 is 33.9. The van der Waals surface area contributed by atoms with E-state index < -0.39 is 22.8 Å². The number of hydrogen-bond acceptors (Lipinski definition) is 5. The van der Waals surface area contributed by atoms with E-state index in [0.717, 1.165) is 0 Å². The highest BCUT2D eigenvalue weighted by Crippen LogP contribution is 2.46. The molecule has 1 aliphatic rings. The minimum atomic E-state index is -2.53. The predicted octanol–water partition coefficient (Wildman–Crippen LogP) is 1.18. The van der Waals surface area contributed by atoms with Gasteiger partial charge in [-0.2, -0.15) is 0 Å². The maximum Gasteiger partial charge on any atom is 0.328 e. The lowest BCUT2D eigenvalue weighted by molar-refractivity contribution is 0.000116. The van der Waals surface area contributed by atoms with Gasteiger partial charge in [0.05, 0.1) is 0 Å². The van der Waals surface area contributed by atoms with Crippen molar-refractivity contribution in [2.75, 3.05) is 0 Å². The molecule has 2 atom stereocenters. The molecular formula is C2H6O5P2. The second-order valence-corrected chi connectivity index (χ2v) is 3.69. The van der Waals surface area contributed by atoms with E-state index in [4.69, 9.17) is 0 Å². The van der Waals surface area contributed by atoms with Crippen molar-refractivity contribution in [2.45, 2.75) is 13.2 Å². The summed E-state index contributed by atoms with van der Waals surface area (Å²) in [5, 5.41) is 0. The van der Waals surface area contributed by atoms with Crippen molar-refractivity contribution in [2.24, 2.45) is 0 Å². The van der Waals surface area contributed by atoms with Crippen LogP contribution in [-0.4, -0.2) is 6.29 Å². The Morgan fingerprint density at radius 1 is 1.22 bits per heavy atom. The molecule has 0 amide bonds. The van der Waals surface area contributed by atoms with Crippen molar-refractivity contribution < 1.29 is 22.5 Å². The fraction of sp³-hybridized carbons (Fsp3) is 1.00. The Bertz CT molecular complexity index is 139. The van der Waals surface area contributed by atoms with Gasteiger partial charge >= 0.3 is 16.5 Å². The first kappa shape index (κ1) is 7.45. The van der Waals surface area contributed by atoms with Gasteiger partial charge in [0.15, 0.2) is 6.29 Å². The molecule has 1 aliphatic heterocycles. The monoisotopic (exact) mass is 172 g/mol. The maximum atomic E-state index is 10.4. The van der Waals surface area contributed by atoms with E-state index >= 15 is 0 Å². The highest BCUT2D eigenvalue weighted by Gasteiger charge is 2.20. The first-order valence-corrected chi connectivity index (χ1v) is 4.72. The minimum Gasteiger partial charge on any atom is -0.280 e. The first-order chi connectivity index (χ1) is 4.18. The molecule has 1 fully saturated rings. The number of hydrogen-bond donors (Lipinski definition) is 0. The Balaban J connectivity index is 2.53. The van der Waals surface area contributed by atoms with Gasteiger partial charge in [-0.1, -0.05) is 0 Å². The second-order valence-electron chi connectivity index (χ2n) is 1.41. The molecule has 0 bridgehead atoms. The summed E-state index contributed by atoms with van der Waals surface area (Å²) in [4.78, 5) is 0. The Kier molecular flexibility index (Phi) is 2.44. The predicted molar refractivity (Wildman–Crippen MR) is 30.7 cm³/mol. The van der Waals surface area contributed by atoms with Crippen LogP contribution in [0.5, 0.6) is 0 Å². The molecule has 54 valence electrons. The van der Waals surface area contributed by atoms with Gasteiger partial charge in [0, 0.05) is 0 Å². The quantitative estimate of drug-likeness (QED) is 0.513. The van der Waals surface area contributed by atoms with Crippen molar-refractivity contribution in [3.05, 3.63) is 0 Å². The largest absolute Gasteiger partial charge is 0.328 e. The van der Waals surface area contributed by atoms with E-state index in [0.29, 0.717) is 0 Å². The molecule has 0 radical (unpaired) electrons. The van der Waals surface area contributed by atoms with Crippen LogP contribution >= 0.6 is 16.5 Å². The fourth-order valence-corrected chi connectivity index (χ4v) is 2.07. The van der Waals surface area contributed by atoms with Gasteiger partial charge in [-0.15, -0.1) is 0 Å². The van der Waals surface area contributed by atoms with Gasteiger partial charge in [-0.3, -0.25) is 18.2 Å². The van der Waals surface area contributed by atoms with Crippen molar-refractivity contribution in [3.63, 3.8) is 0 Å². The normalized spacial score (nSPS) is 44.8. The molecule has 1 heterocycles. The molecule has 0 saturated carbocycles. The second kappa shape index (κ2) is 2.95. The zero-order valence-electron chi connectivity index (χ0n) is 4.62. The molecule has 9 heavy (non-hydrogen) atoms. The summed E-state index contributed by atoms with van der Waals surface area (Å²) in [6, 6.07) is 0. The lowest BCUT2D eigenvalue weighted by Gasteiger charge is -2.17. The third-order valence-electron chi connectivity index (χ3n) is 0.691. The van der Waals surface area contributed by atoms with Crippen LogP contribution in [0.25, 0.3) is 0 Å². The SMILES string of the molecule is CC1O[PH](=O)O[PH](=O)O1. The summed E-state index contributed by atoms with van der Waals surface area (Å²) in [7, 11) is -5.07. The topological polar surface area (TPSA) is 61.8 Å². The summed E-state index contributed by atoms with van der Waals surface area (Å²) in [6.07, 6.45) is -0.670. The third-order valence-corrected chi connectivity index (χ3v) is 3.07. The van der Waals surface area contributed by atoms with Crippen LogP contribution < -0.4 is 0 Å². The van der Waals surface area contributed by atoms with Gasteiger partial charge in [-0.25, -0.2) is 4.31 Å². The van der Waals surface area contributed by atoms with Gasteiger partial charge in [0.2, 0.25) is 0 Å². The molecule has 5 nitrogen and oxygen atoms in total. The highest BCUT2D eigenvalue weighted by molar-refractivity contribution is 7.48. The number of rotatable bonds is 0. The average Bonchev–Trinajstić information content (AvgIpc) is 1.59. The van der Waals surface area contributed by atoms with Crippen LogP contribution in [0.1, 0.15) is 6.92 Å². The zero-order chi connectivity index (χ0) is 6.85. The molecule has 1 saturated heterocycles. The van der Waals surface area contributed by atoms with Crippen molar-refractivity contribution in [1.29, 1.82) is 0 Å². The molecule has 2 unspecified atom stereocenters. The first-order valence-electron chi connectivity index (χ1n) is 2.27. The van der Waals surface area contributed by atoms with Crippen LogP contribution in [0.2, 0.25) is 0 Å². The zero-order valence-corrected chi connectivity index (χ0v) is 6.62. The smallest absolute Gasteiger partial charge is 0.280 e. The Hall–Kier alpha value is 0.340. The Labute approximate surface area is 53.2 Å². The highest BCUT2D eigenvalue weighted by atomic mass is 31.2. The lowest BCUT2D eigenvalue weighted by atomic mass is 10.8. The van der Waals surface area contributed by atoms with Crippen molar-refractivity contribution in [3.8, 4) is 0 Å². The van der Waals surface area contributed by atoms with Gasteiger partial charge in [0.1, 0.15) is 0 Å². The fourth-order valence-electron chi connectivity index (χ4n) is 0.411. The summed E-state index contributed by atoms with van der Waals surface area (Å²) in [6.45, 7) is 1.51. The van der Waals surface area contributed by atoms with Crippen LogP contribution in [0.15, 0.2) is 0 Å². The van der Waals surface area contributed by atoms with Crippen LogP contribution in [0.4, 0.5) is 0 Å².